The number of aryl methyl sites for hydroxylation is 1. The molecule has 1 aromatic carbocycles. The highest BCUT2D eigenvalue weighted by Gasteiger charge is 2.15. The monoisotopic (exact) mass is 298 g/mol. The third-order valence-corrected chi connectivity index (χ3v) is 3.42. The zero-order valence-corrected chi connectivity index (χ0v) is 12.3. The number of halogens is 3. The average Bonchev–Trinajstić information content (AvgIpc) is 2.31. The molecular formula is C14H13Cl2FN2. The quantitative estimate of drug-likeness (QED) is 0.727. The first kappa shape index (κ1) is 14.2. The van der Waals surface area contributed by atoms with E-state index < -0.39 is 0 Å². The summed E-state index contributed by atoms with van der Waals surface area (Å²) in [6.45, 7) is 5.63. The Morgan fingerprint density at radius 1 is 1.11 bits per heavy atom. The molecule has 0 aliphatic heterocycles. The summed E-state index contributed by atoms with van der Waals surface area (Å²) in [5.74, 6) is 0.284. The van der Waals surface area contributed by atoms with Crippen molar-refractivity contribution in [1.29, 1.82) is 0 Å². The van der Waals surface area contributed by atoms with Gasteiger partial charge in [-0.05, 0) is 36.6 Å². The van der Waals surface area contributed by atoms with E-state index in [-0.39, 0.29) is 11.7 Å². The molecule has 100 valence electrons. The highest BCUT2D eigenvalue weighted by atomic mass is 35.5. The Kier molecular flexibility index (Phi) is 4.07. The van der Waals surface area contributed by atoms with E-state index in [9.17, 15) is 4.39 Å². The smallest absolute Gasteiger partial charge is 0.162 e. The van der Waals surface area contributed by atoms with Crippen LogP contribution in [0, 0.1) is 12.7 Å². The van der Waals surface area contributed by atoms with E-state index in [1.54, 1.807) is 19.1 Å². The van der Waals surface area contributed by atoms with Crippen LogP contribution in [0.4, 0.5) is 4.39 Å². The van der Waals surface area contributed by atoms with Gasteiger partial charge in [-0.15, -0.1) is 0 Å². The van der Waals surface area contributed by atoms with E-state index >= 15 is 0 Å². The molecule has 1 aromatic heterocycles. The van der Waals surface area contributed by atoms with Gasteiger partial charge in [0.15, 0.2) is 5.82 Å². The number of benzene rings is 1. The summed E-state index contributed by atoms with van der Waals surface area (Å²) in [7, 11) is 0. The van der Waals surface area contributed by atoms with Crippen molar-refractivity contribution in [3.63, 3.8) is 0 Å². The highest BCUT2D eigenvalue weighted by Crippen LogP contribution is 2.31. The van der Waals surface area contributed by atoms with Gasteiger partial charge in [0.1, 0.15) is 16.1 Å². The number of rotatable bonds is 2. The first-order chi connectivity index (χ1) is 8.90. The molecule has 0 saturated carbocycles. The summed E-state index contributed by atoms with van der Waals surface area (Å²) >= 11 is 12.3. The molecule has 1 heterocycles. The standard InChI is InChI=1S/C14H13Cl2FN2/c1-7(2)11-12(15)18-14(19-13(11)16)9-4-5-10(17)8(3)6-9/h4-7H,1-3H3. The Balaban J connectivity index is 2.55. The number of hydrogen-bond acceptors (Lipinski definition) is 2. The van der Waals surface area contributed by atoms with Gasteiger partial charge in [0.05, 0.1) is 0 Å². The molecular weight excluding hydrogens is 286 g/mol. The molecule has 2 rings (SSSR count). The summed E-state index contributed by atoms with van der Waals surface area (Å²) in [6, 6.07) is 4.66. The topological polar surface area (TPSA) is 25.8 Å². The Morgan fingerprint density at radius 2 is 1.68 bits per heavy atom. The summed E-state index contributed by atoms with van der Waals surface area (Å²) < 4.78 is 13.3. The van der Waals surface area contributed by atoms with Crippen LogP contribution in [0.1, 0.15) is 30.9 Å². The maximum absolute atomic E-state index is 13.3. The van der Waals surface area contributed by atoms with Gasteiger partial charge < -0.3 is 0 Å². The molecule has 0 bridgehead atoms. The van der Waals surface area contributed by atoms with Crippen LogP contribution in [0.2, 0.25) is 10.3 Å². The van der Waals surface area contributed by atoms with Gasteiger partial charge in [-0.1, -0.05) is 37.0 Å². The number of nitrogens with zero attached hydrogens (tertiary/aromatic N) is 2. The number of hydrogen-bond donors (Lipinski definition) is 0. The van der Waals surface area contributed by atoms with E-state index in [4.69, 9.17) is 23.2 Å². The summed E-state index contributed by atoms with van der Waals surface area (Å²) in [5.41, 5.74) is 1.95. The van der Waals surface area contributed by atoms with E-state index in [2.05, 4.69) is 9.97 Å². The van der Waals surface area contributed by atoms with Gasteiger partial charge in [-0.3, -0.25) is 0 Å². The molecule has 0 saturated heterocycles. The van der Waals surface area contributed by atoms with Crippen LogP contribution in [0.15, 0.2) is 18.2 Å². The fraction of sp³-hybridized carbons (Fsp3) is 0.286. The van der Waals surface area contributed by atoms with E-state index in [1.807, 2.05) is 13.8 Å². The minimum atomic E-state index is -0.264. The van der Waals surface area contributed by atoms with Crippen molar-refractivity contribution < 1.29 is 4.39 Å². The zero-order valence-electron chi connectivity index (χ0n) is 10.8. The third kappa shape index (κ3) is 2.88. The van der Waals surface area contributed by atoms with Crippen LogP contribution >= 0.6 is 23.2 Å². The van der Waals surface area contributed by atoms with Crippen molar-refractivity contribution in [2.45, 2.75) is 26.7 Å². The Bertz CT molecular complexity index is 604. The zero-order chi connectivity index (χ0) is 14.2. The predicted octanol–water partition coefficient (Wildman–Crippen LogP) is 5.02. The van der Waals surface area contributed by atoms with Crippen molar-refractivity contribution in [3.05, 3.63) is 45.4 Å². The molecule has 0 atom stereocenters. The van der Waals surface area contributed by atoms with Gasteiger partial charge in [0.2, 0.25) is 0 Å². The van der Waals surface area contributed by atoms with Gasteiger partial charge in [0.25, 0.3) is 0 Å². The van der Waals surface area contributed by atoms with Crippen LogP contribution in [0.5, 0.6) is 0 Å². The molecule has 2 nitrogen and oxygen atoms in total. The van der Waals surface area contributed by atoms with Crippen LogP contribution in [0.3, 0.4) is 0 Å². The normalized spacial score (nSPS) is 11.1. The largest absolute Gasteiger partial charge is 0.216 e. The third-order valence-electron chi connectivity index (χ3n) is 2.85. The fourth-order valence-electron chi connectivity index (χ4n) is 1.81. The first-order valence-electron chi connectivity index (χ1n) is 5.89. The van der Waals surface area contributed by atoms with Crippen molar-refractivity contribution in [3.8, 4) is 11.4 Å². The average molecular weight is 299 g/mol. The van der Waals surface area contributed by atoms with Crippen molar-refractivity contribution in [2.75, 3.05) is 0 Å². The molecule has 0 aliphatic carbocycles. The van der Waals surface area contributed by atoms with E-state index in [0.717, 1.165) is 5.56 Å². The van der Waals surface area contributed by atoms with Crippen LogP contribution < -0.4 is 0 Å². The SMILES string of the molecule is Cc1cc(-c2nc(Cl)c(C(C)C)c(Cl)n2)ccc1F. The van der Waals surface area contributed by atoms with Gasteiger partial charge in [-0.2, -0.15) is 0 Å². The maximum Gasteiger partial charge on any atom is 0.162 e. The molecule has 0 unspecified atom stereocenters. The van der Waals surface area contributed by atoms with E-state index in [1.165, 1.54) is 6.07 Å². The van der Waals surface area contributed by atoms with Crippen molar-refractivity contribution in [1.82, 2.24) is 9.97 Å². The number of aromatic nitrogens is 2. The lowest BCUT2D eigenvalue weighted by molar-refractivity contribution is 0.618. The molecule has 0 amide bonds. The highest BCUT2D eigenvalue weighted by molar-refractivity contribution is 6.34. The van der Waals surface area contributed by atoms with Crippen molar-refractivity contribution in [2.24, 2.45) is 0 Å². The minimum Gasteiger partial charge on any atom is -0.216 e. The second kappa shape index (κ2) is 5.43. The van der Waals surface area contributed by atoms with Gasteiger partial charge >= 0.3 is 0 Å². The van der Waals surface area contributed by atoms with Crippen LogP contribution in [-0.4, -0.2) is 9.97 Å². The Hall–Kier alpha value is -1.19. The lowest BCUT2D eigenvalue weighted by atomic mass is 10.1. The maximum atomic E-state index is 13.3. The molecule has 0 spiro atoms. The van der Waals surface area contributed by atoms with E-state index in [0.29, 0.717) is 27.3 Å². The lowest BCUT2D eigenvalue weighted by Gasteiger charge is -2.11. The molecule has 0 aliphatic rings. The molecule has 2 aromatic rings. The Labute approximate surface area is 121 Å². The molecule has 5 heteroatoms. The second-order valence-corrected chi connectivity index (χ2v) is 5.38. The van der Waals surface area contributed by atoms with Crippen LogP contribution in [0.25, 0.3) is 11.4 Å². The molecule has 0 fully saturated rings. The Morgan fingerprint density at radius 3 is 2.16 bits per heavy atom. The summed E-state index contributed by atoms with van der Waals surface area (Å²) in [4.78, 5) is 8.49. The van der Waals surface area contributed by atoms with Crippen molar-refractivity contribution >= 4 is 23.2 Å². The lowest BCUT2D eigenvalue weighted by Crippen LogP contribution is -1.99. The first-order valence-corrected chi connectivity index (χ1v) is 6.65. The molecule has 19 heavy (non-hydrogen) atoms. The minimum absolute atomic E-state index is 0.143. The van der Waals surface area contributed by atoms with Gasteiger partial charge in [-0.25, -0.2) is 14.4 Å². The predicted molar refractivity (Wildman–Crippen MR) is 76.3 cm³/mol. The molecule has 0 N–H and O–H groups in total. The fourth-order valence-corrected chi connectivity index (χ4v) is 2.63. The summed E-state index contributed by atoms with van der Waals surface area (Å²) in [6.07, 6.45) is 0. The molecule has 0 radical (unpaired) electrons. The van der Waals surface area contributed by atoms with Gasteiger partial charge in [0, 0.05) is 11.1 Å². The van der Waals surface area contributed by atoms with Crippen LogP contribution in [-0.2, 0) is 0 Å². The summed E-state index contributed by atoms with van der Waals surface area (Å²) in [5, 5.41) is 0.680. The second-order valence-electron chi connectivity index (χ2n) is 4.66.